The van der Waals surface area contributed by atoms with Crippen molar-refractivity contribution in [2.24, 2.45) is 0 Å². The Morgan fingerprint density at radius 3 is 1.00 bits per heavy atom. The van der Waals surface area contributed by atoms with Crippen molar-refractivity contribution in [3.63, 3.8) is 0 Å². The number of rotatable bonds is 46. The first-order valence-corrected chi connectivity index (χ1v) is 25.8. The molecule has 0 spiro atoms. The highest BCUT2D eigenvalue weighted by Gasteiger charge is 2.19. The van der Waals surface area contributed by atoms with E-state index in [0.29, 0.717) is 19.3 Å². The summed E-state index contributed by atoms with van der Waals surface area (Å²) in [5.74, 6) is -0.896. The number of allylic oxidation sites excluding steroid dienone is 10. The van der Waals surface area contributed by atoms with Crippen LogP contribution in [0.4, 0.5) is 0 Å². The van der Waals surface area contributed by atoms with Crippen LogP contribution >= 0.6 is 0 Å². The van der Waals surface area contributed by atoms with E-state index in [4.69, 9.17) is 14.2 Å². The van der Waals surface area contributed by atoms with Crippen molar-refractivity contribution in [3.05, 3.63) is 60.8 Å². The topological polar surface area (TPSA) is 78.9 Å². The van der Waals surface area contributed by atoms with E-state index < -0.39 is 6.10 Å². The molecule has 0 aliphatic rings. The second kappa shape index (κ2) is 49.8. The van der Waals surface area contributed by atoms with Gasteiger partial charge in [0.1, 0.15) is 13.2 Å². The van der Waals surface area contributed by atoms with Crippen molar-refractivity contribution in [3.8, 4) is 0 Å². The van der Waals surface area contributed by atoms with Gasteiger partial charge in [-0.1, -0.05) is 216 Å². The van der Waals surface area contributed by atoms with Crippen LogP contribution in [0.3, 0.4) is 0 Å². The highest BCUT2D eigenvalue weighted by atomic mass is 16.6. The van der Waals surface area contributed by atoms with Crippen molar-refractivity contribution in [1.29, 1.82) is 0 Å². The highest BCUT2D eigenvalue weighted by Crippen LogP contribution is 2.15. The molecule has 0 amide bonds. The van der Waals surface area contributed by atoms with Gasteiger partial charge in [0.15, 0.2) is 6.10 Å². The Balaban J connectivity index is 4.39. The summed E-state index contributed by atoms with van der Waals surface area (Å²) in [6.45, 7) is 6.41. The average Bonchev–Trinajstić information content (AvgIpc) is 3.26. The third-order valence-electron chi connectivity index (χ3n) is 11.0. The number of hydrogen-bond donors (Lipinski definition) is 0. The van der Waals surface area contributed by atoms with Crippen LogP contribution in [0.15, 0.2) is 60.8 Å². The molecule has 0 radical (unpaired) electrons. The minimum atomic E-state index is -0.781. The zero-order valence-corrected chi connectivity index (χ0v) is 40.2. The Hall–Kier alpha value is -2.89. The van der Waals surface area contributed by atoms with Crippen LogP contribution in [0.2, 0.25) is 0 Å². The molecular weight excluding hydrogens is 757 g/mol. The van der Waals surface area contributed by atoms with Gasteiger partial charge < -0.3 is 14.2 Å². The molecule has 352 valence electrons. The summed E-state index contributed by atoms with van der Waals surface area (Å²) in [5.41, 5.74) is 0. The van der Waals surface area contributed by atoms with Crippen LogP contribution in [0.25, 0.3) is 0 Å². The van der Waals surface area contributed by atoms with Crippen LogP contribution < -0.4 is 0 Å². The van der Waals surface area contributed by atoms with Crippen molar-refractivity contribution >= 4 is 17.9 Å². The van der Waals surface area contributed by atoms with Crippen LogP contribution in [0.5, 0.6) is 0 Å². The van der Waals surface area contributed by atoms with E-state index in [1.165, 1.54) is 109 Å². The third kappa shape index (κ3) is 48.0. The van der Waals surface area contributed by atoms with E-state index in [2.05, 4.69) is 81.5 Å². The first kappa shape index (κ1) is 58.1. The standard InChI is InChI=1S/C55H96O6/c1-4-7-10-13-16-19-22-25-27-28-31-33-36-39-42-45-48-54(57)60-51-52(50-59-53(56)47-44-41-38-35-32-29-24-21-18-15-12-9-6-3)61-55(58)49-46-43-40-37-34-30-26-23-20-17-14-11-8-5-2/h7-8,10-11,16-17,19-20,25,27,52H,4-6,9,12-15,18,21-24,26,28-51H2,1-3H3/b10-7-,11-8-,19-16-,20-17-,27-25-. The number of esters is 3. The molecule has 6 nitrogen and oxygen atoms in total. The summed E-state index contributed by atoms with van der Waals surface area (Å²) < 4.78 is 16.8. The first-order chi connectivity index (χ1) is 30.0. The van der Waals surface area contributed by atoms with Crippen LogP contribution in [0, 0.1) is 0 Å². The van der Waals surface area contributed by atoms with E-state index in [1.807, 2.05) is 0 Å². The molecule has 0 aliphatic heterocycles. The predicted molar refractivity (Wildman–Crippen MR) is 261 cm³/mol. The summed E-state index contributed by atoms with van der Waals surface area (Å²) >= 11 is 0. The van der Waals surface area contributed by atoms with E-state index in [1.54, 1.807) is 0 Å². The number of hydrogen-bond acceptors (Lipinski definition) is 6. The Bertz CT molecular complexity index is 1120. The monoisotopic (exact) mass is 853 g/mol. The van der Waals surface area contributed by atoms with Crippen molar-refractivity contribution < 1.29 is 28.6 Å². The zero-order chi connectivity index (χ0) is 44.4. The molecule has 1 unspecified atom stereocenters. The summed E-state index contributed by atoms with van der Waals surface area (Å²) in [6, 6.07) is 0. The van der Waals surface area contributed by atoms with Gasteiger partial charge in [0.2, 0.25) is 0 Å². The van der Waals surface area contributed by atoms with Crippen molar-refractivity contribution in [2.45, 2.75) is 258 Å². The van der Waals surface area contributed by atoms with Gasteiger partial charge in [0.05, 0.1) is 0 Å². The Morgan fingerprint density at radius 2 is 0.639 bits per heavy atom. The maximum atomic E-state index is 12.8. The van der Waals surface area contributed by atoms with Gasteiger partial charge in [-0.3, -0.25) is 14.4 Å². The molecular formula is C55H96O6. The maximum absolute atomic E-state index is 12.8. The largest absolute Gasteiger partial charge is 0.462 e. The smallest absolute Gasteiger partial charge is 0.306 e. The fourth-order valence-corrected chi connectivity index (χ4v) is 7.20. The molecule has 0 N–H and O–H groups in total. The lowest BCUT2D eigenvalue weighted by molar-refractivity contribution is -0.167. The zero-order valence-electron chi connectivity index (χ0n) is 40.2. The molecule has 0 aromatic heterocycles. The molecule has 0 rings (SSSR count). The Kier molecular flexibility index (Phi) is 47.4. The Labute approximate surface area is 377 Å². The van der Waals surface area contributed by atoms with Crippen LogP contribution in [-0.4, -0.2) is 37.2 Å². The molecule has 61 heavy (non-hydrogen) atoms. The van der Waals surface area contributed by atoms with Crippen molar-refractivity contribution in [2.75, 3.05) is 13.2 Å². The lowest BCUT2D eigenvalue weighted by Crippen LogP contribution is -2.30. The predicted octanol–water partition coefficient (Wildman–Crippen LogP) is 16.9. The van der Waals surface area contributed by atoms with Crippen molar-refractivity contribution in [1.82, 2.24) is 0 Å². The van der Waals surface area contributed by atoms with Gasteiger partial charge in [-0.2, -0.15) is 0 Å². The minimum Gasteiger partial charge on any atom is -0.462 e. The molecule has 0 aromatic rings. The van der Waals surface area contributed by atoms with Crippen LogP contribution in [0.1, 0.15) is 252 Å². The normalized spacial score (nSPS) is 12.5. The number of ether oxygens (including phenoxy) is 3. The second-order valence-electron chi connectivity index (χ2n) is 17.0. The summed E-state index contributed by atoms with van der Waals surface area (Å²) in [4.78, 5) is 38.0. The lowest BCUT2D eigenvalue weighted by Gasteiger charge is -2.18. The van der Waals surface area contributed by atoms with Gasteiger partial charge >= 0.3 is 17.9 Å². The molecule has 0 heterocycles. The summed E-state index contributed by atoms with van der Waals surface area (Å²) in [5, 5.41) is 0. The Morgan fingerprint density at radius 1 is 0.344 bits per heavy atom. The summed E-state index contributed by atoms with van der Waals surface area (Å²) in [6.07, 6.45) is 60.6. The SMILES string of the molecule is CC/C=C\C/C=C\C/C=C\CCCCCCCCC(=O)OCC(COC(=O)CCCCCCCCCCCCCCC)OC(=O)CCCCCCCCC/C=C\C/C=C\CC. The molecule has 0 saturated carbocycles. The lowest BCUT2D eigenvalue weighted by atomic mass is 10.0. The molecule has 0 aliphatic carbocycles. The van der Waals surface area contributed by atoms with E-state index in [-0.39, 0.29) is 31.1 Å². The second-order valence-corrected chi connectivity index (χ2v) is 17.0. The fraction of sp³-hybridized carbons (Fsp3) is 0.764. The van der Waals surface area contributed by atoms with Gasteiger partial charge in [0, 0.05) is 19.3 Å². The van der Waals surface area contributed by atoms with E-state index >= 15 is 0 Å². The van der Waals surface area contributed by atoms with Crippen LogP contribution in [-0.2, 0) is 28.6 Å². The fourth-order valence-electron chi connectivity index (χ4n) is 7.20. The number of carbonyl (C=O) groups excluding carboxylic acids is 3. The molecule has 1 atom stereocenters. The third-order valence-corrected chi connectivity index (χ3v) is 11.0. The molecule has 6 heteroatoms. The molecule has 0 aromatic carbocycles. The molecule has 0 fully saturated rings. The first-order valence-electron chi connectivity index (χ1n) is 25.8. The maximum Gasteiger partial charge on any atom is 0.306 e. The molecule has 0 saturated heterocycles. The quantitative estimate of drug-likeness (QED) is 0.0263. The summed E-state index contributed by atoms with van der Waals surface area (Å²) in [7, 11) is 0. The van der Waals surface area contributed by atoms with Gasteiger partial charge in [-0.15, -0.1) is 0 Å². The highest BCUT2D eigenvalue weighted by molar-refractivity contribution is 5.71. The average molecular weight is 853 g/mol. The van der Waals surface area contributed by atoms with E-state index in [9.17, 15) is 14.4 Å². The van der Waals surface area contributed by atoms with E-state index in [0.717, 1.165) is 103 Å². The van der Waals surface area contributed by atoms with Gasteiger partial charge in [0.25, 0.3) is 0 Å². The number of carbonyl (C=O) groups is 3. The van der Waals surface area contributed by atoms with Gasteiger partial charge in [-0.05, 0) is 77.0 Å². The molecule has 0 bridgehead atoms. The number of unbranched alkanes of at least 4 members (excludes halogenated alkanes) is 25. The minimum absolute atomic E-state index is 0.0799. The van der Waals surface area contributed by atoms with Gasteiger partial charge in [-0.25, -0.2) is 0 Å².